The van der Waals surface area contributed by atoms with E-state index in [0.29, 0.717) is 28.9 Å². The molecule has 28 heavy (non-hydrogen) atoms. The van der Waals surface area contributed by atoms with Crippen LogP contribution in [-0.2, 0) is 27.8 Å². The number of nitrogens with zero attached hydrogens (tertiary/aromatic N) is 1. The van der Waals surface area contributed by atoms with E-state index in [2.05, 4.69) is 20.7 Å². The topological polar surface area (TPSA) is 75.7 Å². The molecule has 0 spiro atoms. The van der Waals surface area contributed by atoms with Gasteiger partial charge in [-0.15, -0.1) is 0 Å². The first-order valence-corrected chi connectivity index (χ1v) is 11.4. The van der Waals surface area contributed by atoms with Crippen LogP contribution < -0.4 is 14.4 Å². The lowest BCUT2D eigenvalue weighted by atomic mass is 10.2. The Balaban J connectivity index is 1.65. The average molecular weight is 465 g/mol. The Morgan fingerprint density at radius 3 is 2.79 bits per heavy atom. The molecule has 0 atom stereocenters. The van der Waals surface area contributed by atoms with E-state index in [-0.39, 0.29) is 23.3 Å². The SMILES string of the molecule is COc1cccc(CNS(=O)(=O)c2cc(Br)cc3c2N(C(=O)C2CC2)CC3)c1. The molecule has 8 heteroatoms. The highest BCUT2D eigenvalue weighted by Gasteiger charge is 2.39. The van der Waals surface area contributed by atoms with E-state index < -0.39 is 10.0 Å². The highest BCUT2D eigenvalue weighted by molar-refractivity contribution is 9.10. The van der Waals surface area contributed by atoms with Crippen LogP contribution in [0.25, 0.3) is 0 Å². The zero-order chi connectivity index (χ0) is 19.9. The van der Waals surface area contributed by atoms with Crippen molar-refractivity contribution >= 4 is 37.5 Å². The van der Waals surface area contributed by atoms with E-state index in [9.17, 15) is 13.2 Å². The van der Waals surface area contributed by atoms with Crippen molar-refractivity contribution < 1.29 is 17.9 Å². The Hall–Kier alpha value is -1.90. The van der Waals surface area contributed by atoms with E-state index >= 15 is 0 Å². The third-order valence-electron chi connectivity index (χ3n) is 5.08. The Morgan fingerprint density at radius 1 is 1.29 bits per heavy atom. The summed E-state index contributed by atoms with van der Waals surface area (Å²) in [6.45, 7) is 0.664. The quantitative estimate of drug-likeness (QED) is 0.711. The van der Waals surface area contributed by atoms with Gasteiger partial charge in [-0.05, 0) is 54.7 Å². The van der Waals surface area contributed by atoms with Crippen LogP contribution in [-0.4, -0.2) is 28.0 Å². The fourth-order valence-corrected chi connectivity index (χ4v) is 5.43. The summed E-state index contributed by atoms with van der Waals surface area (Å²) in [5, 5.41) is 0. The van der Waals surface area contributed by atoms with Gasteiger partial charge in [0.2, 0.25) is 15.9 Å². The van der Waals surface area contributed by atoms with Gasteiger partial charge in [-0.3, -0.25) is 4.79 Å². The number of amides is 1. The van der Waals surface area contributed by atoms with Crippen LogP contribution in [0.15, 0.2) is 45.8 Å². The van der Waals surface area contributed by atoms with Gasteiger partial charge in [-0.2, -0.15) is 0 Å². The van der Waals surface area contributed by atoms with Crippen molar-refractivity contribution in [2.45, 2.75) is 30.7 Å². The van der Waals surface area contributed by atoms with E-state index in [4.69, 9.17) is 4.74 Å². The van der Waals surface area contributed by atoms with Crippen LogP contribution in [0.2, 0.25) is 0 Å². The minimum absolute atomic E-state index is 0.0327. The van der Waals surface area contributed by atoms with Gasteiger partial charge in [0.25, 0.3) is 0 Å². The van der Waals surface area contributed by atoms with E-state index in [1.807, 2.05) is 18.2 Å². The number of carbonyl (C=O) groups is 1. The van der Waals surface area contributed by atoms with Crippen LogP contribution >= 0.6 is 15.9 Å². The van der Waals surface area contributed by atoms with Gasteiger partial charge in [-0.1, -0.05) is 28.1 Å². The van der Waals surface area contributed by atoms with Crippen LogP contribution in [0.4, 0.5) is 5.69 Å². The van der Waals surface area contributed by atoms with Gasteiger partial charge in [0.1, 0.15) is 10.6 Å². The van der Waals surface area contributed by atoms with Gasteiger partial charge >= 0.3 is 0 Å². The van der Waals surface area contributed by atoms with Crippen molar-refractivity contribution in [2.75, 3.05) is 18.6 Å². The van der Waals surface area contributed by atoms with Gasteiger partial charge in [0.05, 0.1) is 12.8 Å². The molecule has 1 saturated carbocycles. The number of sulfonamides is 1. The van der Waals surface area contributed by atoms with Gasteiger partial charge in [0.15, 0.2) is 0 Å². The normalized spacial score (nSPS) is 16.1. The van der Waals surface area contributed by atoms with Crippen molar-refractivity contribution in [1.82, 2.24) is 4.72 Å². The number of hydrogen-bond donors (Lipinski definition) is 1. The number of carbonyl (C=O) groups excluding carboxylic acids is 1. The second-order valence-corrected chi connectivity index (χ2v) is 9.75. The molecule has 1 fully saturated rings. The molecule has 0 radical (unpaired) electrons. The molecule has 0 aromatic heterocycles. The minimum Gasteiger partial charge on any atom is -0.497 e. The molecule has 1 aliphatic heterocycles. The lowest BCUT2D eigenvalue weighted by Gasteiger charge is -2.21. The van der Waals surface area contributed by atoms with Crippen molar-refractivity contribution in [1.29, 1.82) is 0 Å². The van der Waals surface area contributed by atoms with Gasteiger partial charge in [0, 0.05) is 23.5 Å². The zero-order valence-corrected chi connectivity index (χ0v) is 17.8. The Labute approximate surface area is 173 Å². The first-order chi connectivity index (χ1) is 13.4. The molecule has 1 amide bonds. The number of halogens is 1. The highest BCUT2D eigenvalue weighted by Crippen LogP contribution is 2.41. The van der Waals surface area contributed by atoms with Crippen LogP contribution in [0.3, 0.4) is 0 Å². The number of nitrogens with one attached hydrogen (secondary N) is 1. The summed E-state index contributed by atoms with van der Waals surface area (Å²) in [6, 6.07) is 10.7. The molecule has 1 heterocycles. The summed E-state index contributed by atoms with van der Waals surface area (Å²) in [5.74, 6) is 0.737. The molecule has 6 nitrogen and oxygen atoms in total. The largest absolute Gasteiger partial charge is 0.497 e. The minimum atomic E-state index is -3.81. The highest BCUT2D eigenvalue weighted by atomic mass is 79.9. The first kappa shape index (κ1) is 19.4. The molecular formula is C20H21BrN2O4S. The third kappa shape index (κ3) is 3.81. The maximum Gasteiger partial charge on any atom is 0.242 e. The molecule has 2 aromatic carbocycles. The van der Waals surface area contributed by atoms with E-state index in [1.54, 1.807) is 30.2 Å². The molecule has 0 unspecified atom stereocenters. The molecule has 1 N–H and O–H groups in total. The Morgan fingerprint density at radius 2 is 2.07 bits per heavy atom. The standard InChI is InChI=1S/C20H21BrN2O4S/c1-27-17-4-2-3-13(9-17)12-22-28(25,26)18-11-16(21)10-15-7-8-23(19(15)18)20(24)14-5-6-14/h2-4,9-11,14,22H,5-8,12H2,1H3. The smallest absolute Gasteiger partial charge is 0.242 e. The summed E-state index contributed by atoms with van der Waals surface area (Å²) >= 11 is 3.41. The zero-order valence-electron chi connectivity index (χ0n) is 15.4. The summed E-state index contributed by atoms with van der Waals surface area (Å²) in [5.41, 5.74) is 2.20. The summed E-state index contributed by atoms with van der Waals surface area (Å²) < 4.78 is 34.8. The van der Waals surface area contributed by atoms with Crippen molar-refractivity contribution in [3.63, 3.8) is 0 Å². The lowest BCUT2D eigenvalue weighted by molar-refractivity contribution is -0.119. The van der Waals surface area contributed by atoms with Crippen molar-refractivity contribution in [3.8, 4) is 5.75 Å². The number of fused-ring (bicyclic) bond motifs is 1. The number of methoxy groups -OCH3 is 1. The monoisotopic (exact) mass is 464 g/mol. The number of benzene rings is 2. The second-order valence-electron chi connectivity index (χ2n) is 7.10. The second kappa shape index (κ2) is 7.50. The average Bonchev–Trinajstić information content (AvgIpc) is 3.45. The number of ether oxygens (including phenoxy) is 1. The molecule has 148 valence electrons. The predicted octanol–water partition coefficient (Wildman–Crippen LogP) is 3.24. The van der Waals surface area contributed by atoms with E-state index in [1.165, 1.54) is 0 Å². The molecule has 0 saturated heterocycles. The van der Waals surface area contributed by atoms with Crippen LogP contribution in [0.5, 0.6) is 5.75 Å². The number of hydrogen-bond acceptors (Lipinski definition) is 4. The molecule has 1 aliphatic carbocycles. The van der Waals surface area contributed by atoms with Crippen molar-refractivity contribution in [2.24, 2.45) is 5.92 Å². The predicted molar refractivity (Wildman–Crippen MR) is 110 cm³/mol. The fourth-order valence-electron chi connectivity index (χ4n) is 3.48. The van der Waals surface area contributed by atoms with Gasteiger partial charge in [-0.25, -0.2) is 13.1 Å². The fraction of sp³-hybridized carbons (Fsp3) is 0.350. The maximum absolute atomic E-state index is 13.1. The third-order valence-corrected chi connectivity index (χ3v) is 6.95. The molecule has 2 aromatic rings. The van der Waals surface area contributed by atoms with E-state index in [0.717, 1.165) is 24.0 Å². The first-order valence-electron chi connectivity index (χ1n) is 9.15. The lowest BCUT2D eigenvalue weighted by Crippen LogP contribution is -2.32. The summed E-state index contributed by atoms with van der Waals surface area (Å²) in [4.78, 5) is 14.5. The number of rotatable bonds is 6. The number of anilines is 1. The summed E-state index contributed by atoms with van der Waals surface area (Å²) in [6.07, 6.45) is 2.43. The summed E-state index contributed by atoms with van der Waals surface area (Å²) in [7, 11) is -2.24. The molecule has 2 aliphatic rings. The van der Waals surface area contributed by atoms with Crippen molar-refractivity contribution in [3.05, 3.63) is 52.0 Å². The van der Waals surface area contributed by atoms with Crippen LogP contribution in [0, 0.1) is 5.92 Å². The molecule has 4 rings (SSSR count). The Kier molecular flexibility index (Phi) is 5.20. The van der Waals surface area contributed by atoms with Crippen LogP contribution in [0.1, 0.15) is 24.0 Å². The van der Waals surface area contributed by atoms with Gasteiger partial charge < -0.3 is 9.64 Å². The maximum atomic E-state index is 13.1. The molecule has 0 bridgehead atoms. The Bertz CT molecular complexity index is 1030. The molecular weight excluding hydrogens is 444 g/mol.